The van der Waals surface area contributed by atoms with Crippen molar-refractivity contribution in [1.29, 1.82) is 0 Å². The molecule has 1 aromatic rings. The molecule has 1 N–H and O–H groups in total. The molecule has 110 valence electrons. The van der Waals surface area contributed by atoms with Crippen molar-refractivity contribution in [3.05, 3.63) is 35.4 Å². The number of nitrogens with zero attached hydrogens (tertiary/aromatic N) is 1. The SMILES string of the molecule is CN(C)C1(CNC2CSCc3ccccc32)CCCC1. The van der Waals surface area contributed by atoms with Gasteiger partial charge in [-0.3, -0.25) is 0 Å². The van der Waals surface area contributed by atoms with Gasteiger partial charge in [-0.25, -0.2) is 0 Å². The van der Waals surface area contributed by atoms with Gasteiger partial charge in [-0.1, -0.05) is 37.1 Å². The maximum absolute atomic E-state index is 3.88. The molecule has 1 fully saturated rings. The number of likely N-dealkylation sites (N-methyl/N-ethyl adjacent to an activating group) is 1. The maximum atomic E-state index is 3.88. The molecule has 1 aliphatic carbocycles. The molecule has 1 unspecified atom stereocenters. The van der Waals surface area contributed by atoms with Crippen LogP contribution in [0.15, 0.2) is 24.3 Å². The van der Waals surface area contributed by atoms with Crippen LogP contribution in [0.2, 0.25) is 0 Å². The van der Waals surface area contributed by atoms with Crippen molar-refractivity contribution < 1.29 is 0 Å². The van der Waals surface area contributed by atoms with E-state index in [2.05, 4.69) is 60.3 Å². The molecule has 2 aliphatic rings. The fourth-order valence-electron chi connectivity index (χ4n) is 3.68. The lowest BCUT2D eigenvalue weighted by molar-refractivity contribution is 0.150. The van der Waals surface area contributed by atoms with Crippen LogP contribution in [0.4, 0.5) is 0 Å². The van der Waals surface area contributed by atoms with Crippen LogP contribution < -0.4 is 5.32 Å². The van der Waals surface area contributed by atoms with E-state index >= 15 is 0 Å². The zero-order valence-electron chi connectivity index (χ0n) is 12.7. The van der Waals surface area contributed by atoms with E-state index in [4.69, 9.17) is 0 Å². The smallest absolute Gasteiger partial charge is 0.0415 e. The lowest BCUT2D eigenvalue weighted by Crippen LogP contribution is -2.50. The van der Waals surface area contributed by atoms with Crippen molar-refractivity contribution in [3.63, 3.8) is 0 Å². The third kappa shape index (κ3) is 2.76. The molecule has 0 spiro atoms. The maximum Gasteiger partial charge on any atom is 0.0415 e. The van der Waals surface area contributed by atoms with Crippen LogP contribution in [0.25, 0.3) is 0 Å². The van der Waals surface area contributed by atoms with Crippen LogP contribution in [0.5, 0.6) is 0 Å². The summed E-state index contributed by atoms with van der Waals surface area (Å²) in [6.07, 6.45) is 5.45. The number of rotatable bonds is 4. The number of nitrogens with one attached hydrogen (secondary N) is 1. The average Bonchev–Trinajstić information content (AvgIpc) is 2.95. The van der Waals surface area contributed by atoms with Crippen molar-refractivity contribution >= 4 is 11.8 Å². The topological polar surface area (TPSA) is 15.3 Å². The Kier molecular flexibility index (Phi) is 4.39. The number of benzene rings is 1. The van der Waals surface area contributed by atoms with E-state index in [9.17, 15) is 0 Å². The molecule has 0 aromatic heterocycles. The van der Waals surface area contributed by atoms with E-state index in [1.54, 1.807) is 0 Å². The molecule has 1 aromatic carbocycles. The van der Waals surface area contributed by atoms with E-state index < -0.39 is 0 Å². The molecule has 1 atom stereocenters. The Morgan fingerprint density at radius 3 is 2.75 bits per heavy atom. The molecule has 20 heavy (non-hydrogen) atoms. The number of fused-ring (bicyclic) bond motifs is 1. The molecule has 0 radical (unpaired) electrons. The first-order valence-electron chi connectivity index (χ1n) is 7.78. The summed E-state index contributed by atoms with van der Waals surface area (Å²) in [5.74, 6) is 2.38. The molecule has 2 nitrogen and oxygen atoms in total. The molecule has 1 heterocycles. The Bertz CT molecular complexity index is 452. The van der Waals surface area contributed by atoms with Crippen LogP contribution in [-0.4, -0.2) is 36.8 Å². The number of thioether (sulfide) groups is 1. The second-order valence-corrected chi connectivity index (χ2v) is 7.50. The largest absolute Gasteiger partial charge is 0.307 e. The molecule has 1 aliphatic heterocycles. The summed E-state index contributed by atoms with van der Waals surface area (Å²) in [6.45, 7) is 1.12. The van der Waals surface area contributed by atoms with Gasteiger partial charge in [0.15, 0.2) is 0 Å². The zero-order chi connectivity index (χ0) is 14.0. The molecule has 1 saturated carbocycles. The monoisotopic (exact) mass is 290 g/mol. The van der Waals surface area contributed by atoms with Gasteiger partial charge in [0.1, 0.15) is 0 Å². The van der Waals surface area contributed by atoms with Crippen LogP contribution in [-0.2, 0) is 5.75 Å². The molecule has 0 amide bonds. The number of hydrogen-bond donors (Lipinski definition) is 1. The normalized spacial score (nSPS) is 24.9. The highest BCUT2D eigenvalue weighted by Gasteiger charge is 2.36. The summed E-state index contributed by atoms with van der Waals surface area (Å²) in [5.41, 5.74) is 3.43. The first-order valence-corrected chi connectivity index (χ1v) is 8.93. The second kappa shape index (κ2) is 6.08. The first kappa shape index (κ1) is 14.4. The van der Waals surface area contributed by atoms with Crippen molar-refractivity contribution in [1.82, 2.24) is 10.2 Å². The van der Waals surface area contributed by atoms with Gasteiger partial charge in [-0.15, -0.1) is 0 Å². The van der Waals surface area contributed by atoms with Gasteiger partial charge in [0.05, 0.1) is 0 Å². The van der Waals surface area contributed by atoms with Gasteiger partial charge in [0, 0.05) is 29.6 Å². The van der Waals surface area contributed by atoms with Gasteiger partial charge in [0.25, 0.3) is 0 Å². The lowest BCUT2D eigenvalue weighted by Gasteiger charge is -2.38. The Labute approximate surface area is 127 Å². The van der Waals surface area contributed by atoms with Gasteiger partial charge < -0.3 is 10.2 Å². The Hall–Kier alpha value is -0.510. The molecule has 0 saturated heterocycles. The standard InChI is InChI=1S/C17H26N2S/c1-19(2)17(9-5-6-10-17)13-18-16-12-20-11-14-7-3-4-8-15(14)16/h3-4,7-8,16,18H,5-6,9-13H2,1-2H3. The van der Waals surface area contributed by atoms with E-state index in [1.165, 1.54) is 48.3 Å². The van der Waals surface area contributed by atoms with Crippen LogP contribution in [0.1, 0.15) is 42.9 Å². The van der Waals surface area contributed by atoms with Crippen molar-refractivity contribution in [2.75, 3.05) is 26.4 Å². The third-order valence-electron chi connectivity index (χ3n) is 5.13. The van der Waals surface area contributed by atoms with E-state index in [0.717, 1.165) is 6.54 Å². The average molecular weight is 290 g/mol. The zero-order valence-corrected chi connectivity index (χ0v) is 13.5. The summed E-state index contributed by atoms with van der Waals surface area (Å²) < 4.78 is 0. The summed E-state index contributed by atoms with van der Waals surface area (Å²) in [4.78, 5) is 2.45. The molecular formula is C17H26N2S. The van der Waals surface area contributed by atoms with Crippen LogP contribution in [0, 0.1) is 0 Å². The minimum atomic E-state index is 0.386. The first-order chi connectivity index (χ1) is 9.71. The fourth-order valence-corrected chi connectivity index (χ4v) is 4.81. The van der Waals surface area contributed by atoms with Crippen molar-refractivity contribution in [2.24, 2.45) is 0 Å². The predicted octanol–water partition coefficient (Wildman–Crippen LogP) is 3.44. The molecule has 0 bridgehead atoms. The minimum absolute atomic E-state index is 0.386. The highest BCUT2D eigenvalue weighted by molar-refractivity contribution is 7.98. The lowest BCUT2D eigenvalue weighted by atomic mass is 9.94. The Balaban J connectivity index is 1.70. The van der Waals surface area contributed by atoms with E-state index in [1.807, 2.05) is 0 Å². The molecular weight excluding hydrogens is 264 g/mol. The summed E-state index contributed by atoms with van der Waals surface area (Å²) >= 11 is 2.06. The van der Waals surface area contributed by atoms with Gasteiger partial charge >= 0.3 is 0 Å². The summed E-state index contributed by atoms with van der Waals surface area (Å²) in [5, 5.41) is 3.88. The second-order valence-electron chi connectivity index (χ2n) is 6.47. The summed E-state index contributed by atoms with van der Waals surface area (Å²) in [7, 11) is 4.49. The quantitative estimate of drug-likeness (QED) is 0.914. The van der Waals surface area contributed by atoms with Crippen molar-refractivity contribution in [2.45, 2.75) is 43.0 Å². The van der Waals surface area contributed by atoms with Gasteiger partial charge in [-0.05, 0) is 38.1 Å². The fraction of sp³-hybridized carbons (Fsp3) is 0.647. The Morgan fingerprint density at radius 2 is 2.00 bits per heavy atom. The predicted molar refractivity (Wildman–Crippen MR) is 88.2 cm³/mol. The van der Waals surface area contributed by atoms with Gasteiger partial charge in [-0.2, -0.15) is 11.8 Å². The van der Waals surface area contributed by atoms with Gasteiger partial charge in [0.2, 0.25) is 0 Å². The minimum Gasteiger partial charge on any atom is -0.307 e. The highest BCUT2D eigenvalue weighted by Crippen LogP contribution is 2.35. The Morgan fingerprint density at radius 1 is 1.25 bits per heavy atom. The highest BCUT2D eigenvalue weighted by atomic mass is 32.2. The number of hydrogen-bond acceptors (Lipinski definition) is 3. The molecule has 3 heteroatoms. The molecule has 3 rings (SSSR count). The summed E-state index contributed by atoms with van der Waals surface area (Å²) in [6, 6.07) is 9.47. The van der Waals surface area contributed by atoms with E-state index in [0.29, 0.717) is 11.6 Å². The van der Waals surface area contributed by atoms with Crippen LogP contribution in [0.3, 0.4) is 0 Å². The van der Waals surface area contributed by atoms with Crippen molar-refractivity contribution in [3.8, 4) is 0 Å². The van der Waals surface area contributed by atoms with E-state index in [-0.39, 0.29) is 0 Å². The van der Waals surface area contributed by atoms with Crippen LogP contribution >= 0.6 is 11.8 Å². The third-order valence-corrected chi connectivity index (χ3v) is 6.22.